The van der Waals surface area contributed by atoms with Crippen molar-refractivity contribution in [3.63, 3.8) is 0 Å². The SMILES string of the molecule is CC(C)N(C)Cc1ccc2c(c1)OCCC2n1cc(CC2C(=O)NC=CN2S(=O)(=O)c2cccc3ccccc23)nn1. The van der Waals surface area contributed by atoms with Gasteiger partial charge in [0.1, 0.15) is 11.8 Å². The topological polar surface area (TPSA) is 110 Å². The van der Waals surface area contributed by atoms with E-state index in [1.807, 2.05) is 18.2 Å². The first-order chi connectivity index (χ1) is 20.2. The highest BCUT2D eigenvalue weighted by molar-refractivity contribution is 7.89. The summed E-state index contributed by atoms with van der Waals surface area (Å²) in [6.45, 7) is 5.70. The van der Waals surface area contributed by atoms with Crippen LogP contribution in [0.4, 0.5) is 0 Å². The van der Waals surface area contributed by atoms with Gasteiger partial charge in [0.15, 0.2) is 0 Å². The average molecular weight is 587 g/mol. The van der Waals surface area contributed by atoms with E-state index >= 15 is 0 Å². The summed E-state index contributed by atoms with van der Waals surface area (Å²) in [5.74, 6) is 0.410. The van der Waals surface area contributed by atoms with Crippen LogP contribution in [0.15, 0.2) is 84.2 Å². The zero-order valence-electron chi connectivity index (χ0n) is 23.8. The van der Waals surface area contributed by atoms with Gasteiger partial charge in [-0.25, -0.2) is 13.1 Å². The first-order valence-corrected chi connectivity index (χ1v) is 15.5. The Labute approximate surface area is 245 Å². The summed E-state index contributed by atoms with van der Waals surface area (Å²) in [6, 6.07) is 18.1. The Bertz CT molecular complexity index is 1760. The van der Waals surface area contributed by atoms with Crippen LogP contribution in [-0.4, -0.2) is 64.3 Å². The Balaban J connectivity index is 1.25. The quantitative estimate of drug-likeness (QED) is 0.334. The van der Waals surface area contributed by atoms with Crippen molar-refractivity contribution in [2.24, 2.45) is 0 Å². The molecule has 3 heterocycles. The molecule has 42 heavy (non-hydrogen) atoms. The number of sulfonamides is 1. The van der Waals surface area contributed by atoms with Crippen molar-refractivity contribution in [1.29, 1.82) is 0 Å². The molecule has 0 radical (unpaired) electrons. The number of nitrogens with one attached hydrogen (secondary N) is 1. The lowest BCUT2D eigenvalue weighted by Crippen LogP contribution is -2.50. The number of benzene rings is 3. The van der Waals surface area contributed by atoms with Crippen LogP contribution < -0.4 is 10.1 Å². The van der Waals surface area contributed by atoms with E-state index in [9.17, 15) is 13.2 Å². The highest BCUT2D eigenvalue weighted by Gasteiger charge is 2.37. The molecule has 0 saturated heterocycles. The average Bonchev–Trinajstić information content (AvgIpc) is 3.45. The third kappa shape index (κ3) is 5.25. The Morgan fingerprint density at radius 1 is 1.12 bits per heavy atom. The number of carbonyl (C=O) groups excluding carboxylic acids is 1. The third-order valence-electron chi connectivity index (χ3n) is 8.04. The molecule has 2 aliphatic rings. The minimum Gasteiger partial charge on any atom is -0.493 e. The molecule has 4 aromatic rings. The normalized spacial score (nSPS) is 18.8. The monoisotopic (exact) mass is 586 g/mol. The minimum atomic E-state index is -4.05. The second-order valence-corrected chi connectivity index (χ2v) is 12.9. The number of hydrogen-bond acceptors (Lipinski definition) is 7. The van der Waals surface area contributed by atoms with E-state index in [0.29, 0.717) is 23.7 Å². The van der Waals surface area contributed by atoms with E-state index in [-0.39, 0.29) is 17.4 Å². The van der Waals surface area contributed by atoms with Gasteiger partial charge < -0.3 is 10.1 Å². The fourth-order valence-corrected chi connectivity index (χ4v) is 7.16. The molecule has 10 nitrogen and oxygen atoms in total. The largest absolute Gasteiger partial charge is 0.493 e. The maximum atomic E-state index is 13.9. The van der Waals surface area contributed by atoms with E-state index in [0.717, 1.165) is 34.0 Å². The van der Waals surface area contributed by atoms with Crippen molar-refractivity contribution >= 4 is 26.7 Å². The lowest BCUT2D eigenvalue weighted by Gasteiger charge is -2.31. The lowest BCUT2D eigenvalue weighted by molar-refractivity contribution is -0.124. The lowest BCUT2D eigenvalue weighted by atomic mass is 9.98. The molecule has 1 aromatic heterocycles. The van der Waals surface area contributed by atoms with E-state index < -0.39 is 22.0 Å². The van der Waals surface area contributed by atoms with Gasteiger partial charge in [0.05, 0.1) is 23.2 Å². The van der Waals surface area contributed by atoms with Crippen molar-refractivity contribution in [3.8, 4) is 5.75 Å². The second-order valence-electron chi connectivity index (χ2n) is 11.1. The van der Waals surface area contributed by atoms with Crippen molar-refractivity contribution in [1.82, 2.24) is 29.5 Å². The molecule has 2 aliphatic heterocycles. The van der Waals surface area contributed by atoms with E-state index in [1.165, 1.54) is 18.0 Å². The molecule has 6 rings (SSSR count). The number of fused-ring (bicyclic) bond motifs is 2. The number of ether oxygens (including phenoxy) is 1. The molecule has 0 spiro atoms. The van der Waals surface area contributed by atoms with Crippen LogP contribution in [0.5, 0.6) is 5.75 Å². The van der Waals surface area contributed by atoms with Gasteiger partial charge in [-0.1, -0.05) is 53.7 Å². The Kier molecular flexibility index (Phi) is 7.46. The third-order valence-corrected chi connectivity index (χ3v) is 9.88. The summed E-state index contributed by atoms with van der Waals surface area (Å²) in [5, 5.41) is 12.8. The standard InChI is InChI=1S/C31H34N6O4S/c1-21(2)35(3)19-22-11-12-26-27(13-16-41-29(26)17-22)36-20-24(33-34-36)18-28-31(38)32-14-15-37(28)42(39,40)30-10-6-8-23-7-4-5-9-25(23)30/h4-12,14-15,17,20-21,27-28H,13,16,18-19H2,1-3H3,(H,32,38). The number of carbonyl (C=O) groups is 1. The van der Waals surface area contributed by atoms with Gasteiger partial charge in [-0.15, -0.1) is 5.10 Å². The molecule has 1 N–H and O–H groups in total. The van der Waals surface area contributed by atoms with Gasteiger partial charge in [0.2, 0.25) is 5.91 Å². The Morgan fingerprint density at radius 3 is 2.76 bits per heavy atom. The number of nitrogens with zero attached hydrogens (tertiary/aromatic N) is 5. The minimum absolute atomic E-state index is 0.0662. The van der Waals surface area contributed by atoms with Crippen molar-refractivity contribution in [3.05, 3.63) is 96.1 Å². The molecular formula is C31H34N6O4S. The van der Waals surface area contributed by atoms with Crippen LogP contribution in [0.1, 0.15) is 43.1 Å². The van der Waals surface area contributed by atoms with Crippen molar-refractivity contribution < 1.29 is 17.9 Å². The summed E-state index contributed by atoms with van der Waals surface area (Å²) >= 11 is 0. The highest BCUT2D eigenvalue weighted by Crippen LogP contribution is 2.36. The van der Waals surface area contributed by atoms with Crippen LogP contribution in [0.2, 0.25) is 0 Å². The summed E-state index contributed by atoms with van der Waals surface area (Å²) in [5.41, 5.74) is 2.72. The Hall–Kier alpha value is -4.22. The second kappa shape index (κ2) is 11.2. The maximum Gasteiger partial charge on any atom is 0.265 e. The van der Waals surface area contributed by atoms with Crippen molar-refractivity contribution in [2.75, 3.05) is 13.7 Å². The molecular weight excluding hydrogens is 552 g/mol. The predicted molar refractivity (Wildman–Crippen MR) is 159 cm³/mol. The molecule has 0 aliphatic carbocycles. The van der Waals surface area contributed by atoms with E-state index in [4.69, 9.17) is 4.74 Å². The van der Waals surface area contributed by atoms with Gasteiger partial charge >= 0.3 is 0 Å². The first kappa shape index (κ1) is 27.9. The van der Waals surface area contributed by atoms with Gasteiger partial charge in [-0.3, -0.25) is 14.0 Å². The fourth-order valence-electron chi connectivity index (χ4n) is 5.49. The molecule has 11 heteroatoms. The fraction of sp³-hybridized carbons (Fsp3) is 0.323. The maximum absolute atomic E-state index is 13.9. The summed E-state index contributed by atoms with van der Waals surface area (Å²) in [4.78, 5) is 15.4. The zero-order valence-corrected chi connectivity index (χ0v) is 24.7. The predicted octanol–water partition coefficient (Wildman–Crippen LogP) is 3.85. The summed E-state index contributed by atoms with van der Waals surface area (Å²) < 4.78 is 36.7. The number of hydrogen-bond donors (Lipinski definition) is 1. The van der Waals surface area contributed by atoms with E-state index in [2.05, 4.69) is 59.6 Å². The van der Waals surface area contributed by atoms with Crippen LogP contribution >= 0.6 is 0 Å². The molecule has 0 fully saturated rings. The molecule has 3 aromatic carbocycles. The number of amides is 1. The molecule has 0 bridgehead atoms. The molecule has 0 saturated carbocycles. The molecule has 218 valence electrons. The first-order valence-electron chi connectivity index (χ1n) is 14.1. The summed E-state index contributed by atoms with van der Waals surface area (Å²) in [6.07, 6.45) is 5.33. The highest BCUT2D eigenvalue weighted by atomic mass is 32.2. The van der Waals surface area contributed by atoms with E-state index in [1.54, 1.807) is 35.1 Å². The van der Waals surface area contributed by atoms with Gasteiger partial charge in [-0.05, 0) is 44.0 Å². The van der Waals surface area contributed by atoms with Crippen LogP contribution in [-0.2, 0) is 27.8 Å². The van der Waals surface area contributed by atoms with Crippen LogP contribution in [0, 0.1) is 0 Å². The molecule has 1 amide bonds. The van der Waals surface area contributed by atoms with Crippen LogP contribution in [0.25, 0.3) is 10.8 Å². The van der Waals surface area contributed by atoms with Gasteiger partial charge in [0, 0.05) is 55.0 Å². The number of aromatic nitrogens is 3. The number of rotatable bonds is 8. The summed E-state index contributed by atoms with van der Waals surface area (Å²) in [7, 11) is -1.95. The van der Waals surface area contributed by atoms with Crippen LogP contribution in [0.3, 0.4) is 0 Å². The molecule has 2 atom stereocenters. The van der Waals surface area contributed by atoms with Gasteiger partial charge in [0.25, 0.3) is 10.0 Å². The smallest absolute Gasteiger partial charge is 0.265 e. The van der Waals surface area contributed by atoms with Crippen molar-refractivity contribution in [2.45, 2.75) is 56.3 Å². The zero-order chi connectivity index (χ0) is 29.4. The molecule has 2 unspecified atom stereocenters. The Morgan fingerprint density at radius 2 is 1.93 bits per heavy atom. The van der Waals surface area contributed by atoms with Gasteiger partial charge in [-0.2, -0.15) is 0 Å².